The highest BCUT2D eigenvalue weighted by molar-refractivity contribution is 5.97. The third kappa shape index (κ3) is 5.49. The first-order valence-corrected chi connectivity index (χ1v) is 10.2. The van der Waals surface area contributed by atoms with E-state index in [0.717, 1.165) is 11.1 Å². The topological polar surface area (TPSA) is 116 Å². The molecule has 0 heterocycles. The van der Waals surface area contributed by atoms with Crippen LogP contribution in [0.1, 0.15) is 45.2 Å². The van der Waals surface area contributed by atoms with Crippen molar-refractivity contribution in [3.63, 3.8) is 0 Å². The van der Waals surface area contributed by atoms with Crippen LogP contribution in [0, 0.1) is 5.41 Å². The normalized spacial score (nSPS) is 10.8. The van der Waals surface area contributed by atoms with Gasteiger partial charge in [-0.2, -0.15) is 0 Å². The number of nitrogens with two attached hydrogens (primary N) is 1. The number of nitrogens with one attached hydrogen (secondary N) is 2. The Balaban J connectivity index is 1.62. The largest absolute Gasteiger partial charge is 0.507 e. The number of hydrogen-bond donors (Lipinski definition) is 4. The SMILES string of the molecule is CCC(=O)c1cccc(-c2ccc(C(=O)NC/C=C/c3cc(C(=N)N)ccc3O)cc2)c1. The van der Waals surface area contributed by atoms with Crippen LogP contribution in [0.15, 0.2) is 72.8 Å². The van der Waals surface area contributed by atoms with Crippen molar-refractivity contribution in [2.24, 2.45) is 5.73 Å². The van der Waals surface area contributed by atoms with Crippen molar-refractivity contribution in [1.29, 1.82) is 5.41 Å². The Labute approximate surface area is 186 Å². The van der Waals surface area contributed by atoms with Gasteiger partial charge in [0.15, 0.2) is 5.78 Å². The Morgan fingerprint density at radius 3 is 2.38 bits per heavy atom. The van der Waals surface area contributed by atoms with Gasteiger partial charge in [-0.3, -0.25) is 15.0 Å². The van der Waals surface area contributed by atoms with Gasteiger partial charge in [-0.25, -0.2) is 0 Å². The summed E-state index contributed by atoms with van der Waals surface area (Å²) in [5, 5.41) is 20.2. The van der Waals surface area contributed by atoms with E-state index in [2.05, 4.69) is 5.32 Å². The van der Waals surface area contributed by atoms with Crippen molar-refractivity contribution in [2.45, 2.75) is 13.3 Å². The molecule has 6 heteroatoms. The van der Waals surface area contributed by atoms with Crippen LogP contribution in [-0.2, 0) is 0 Å². The third-order valence-corrected chi connectivity index (χ3v) is 5.00. The fourth-order valence-electron chi connectivity index (χ4n) is 3.19. The highest BCUT2D eigenvalue weighted by atomic mass is 16.3. The minimum atomic E-state index is -0.224. The number of nitrogen functional groups attached to an aromatic ring is 1. The number of amides is 1. The number of carbonyl (C=O) groups is 2. The summed E-state index contributed by atoms with van der Waals surface area (Å²) in [5.74, 6) is -0.145. The van der Waals surface area contributed by atoms with E-state index in [0.29, 0.717) is 28.7 Å². The molecule has 3 aromatic carbocycles. The Morgan fingerprint density at radius 1 is 0.969 bits per heavy atom. The quantitative estimate of drug-likeness (QED) is 0.242. The van der Waals surface area contributed by atoms with E-state index < -0.39 is 0 Å². The molecule has 1 amide bonds. The Bertz CT molecular complexity index is 1180. The van der Waals surface area contributed by atoms with Crippen molar-refractivity contribution in [1.82, 2.24) is 5.32 Å². The summed E-state index contributed by atoms with van der Waals surface area (Å²) in [6, 6.07) is 19.3. The third-order valence-electron chi connectivity index (χ3n) is 5.00. The number of benzene rings is 3. The maximum absolute atomic E-state index is 12.4. The molecule has 3 rings (SSSR count). The van der Waals surface area contributed by atoms with Crippen molar-refractivity contribution < 1.29 is 14.7 Å². The van der Waals surface area contributed by atoms with E-state index in [-0.39, 0.29) is 29.8 Å². The van der Waals surface area contributed by atoms with Crippen LogP contribution in [0.2, 0.25) is 0 Å². The lowest BCUT2D eigenvalue weighted by Crippen LogP contribution is -2.23. The molecule has 0 saturated heterocycles. The molecule has 0 atom stereocenters. The number of ketones is 1. The molecule has 0 fully saturated rings. The molecule has 0 saturated carbocycles. The van der Waals surface area contributed by atoms with Crippen LogP contribution < -0.4 is 11.1 Å². The molecule has 0 spiro atoms. The van der Waals surface area contributed by atoms with Gasteiger partial charge in [0, 0.05) is 35.2 Å². The van der Waals surface area contributed by atoms with E-state index in [9.17, 15) is 14.7 Å². The van der Waals surface area contributed by atoms with E-state index >= 15 is 0 Å². The monoisotopic (exact) mass is 427 g/mol. The second-order valence-corrected chi connectivity index (χ2v) is 7.23. The standard InChI is InChI=1S/C26H25N3O3/c1-2-23(30)20-6-3-5-19(15-20)17-8-10-18(11-9-17)26(32)29-14-4-7-21-16-22(25(27)28)12-13-24(21)31/h3-13,15-16,31H,2,14H2,1H3,(H3,27,28)(H,29,32)/b7-4+. The van der Waals surface area contributed by atoms with Gasteiger partial charge >= 0.3 is 0 Å². The first kappa shape index (κ1) is 22.5. The molecule has 0 aliphatic rings. The van der Waals surface area contributed by atoms with E-state index in [1.54, 1.807) is 42.5 Å². The maximum atomic E-state index is 12.4. The number of aromatic hydroxyl groups is 1. The summed E-state index contributed by atoms with van der Waals surface area (Å²) in [6.07, 6.45) is 3.83. The number of phenols is 1. The van der Waals surface area contributed by atoms with Gasteiger partial charge in [0.05, 0.1) is 0 Å². The highest BCUT2D eigenvalue weighted by Crippen LogP contribution is 2.22. The van der Waals surface area contributed by atoms with Gasteiger partial charge in [-0.05, 0) is 47.5 Å². The Kier molecular flexibility index (Phi) is 7.18. The molecule has 0 radical (unpaired) electrons. The van der Waals surface area contributed by atoms with Crippen LogP contribution in [0.5, 0.6) is 5.75 Å². The molecule has 3 aromatic rings. The summed E-state index contributed by atoms with van der Waals surface area (Å²) in [6.45, 7) is 2.11. The molecule has 6 nitrogen and oxygen atoms in total. The average molecular weight is 428 g/mol. The fraction of sp³-hybridized carbons (Fsp3) is 0.115. The first-order chi connectivity index (χ1) is 15.4. The summed E-state index contributed by atoms with van der Waals surface area (Å²) in [4.78, 5) is 24.3. The second-order valence-electron chi connectivity index (χ2n) is 7.23. The lowest BCUT2D eigenvalue weighted by Gasteiger charge is -2.07. The first-order valence-electron chi connectivity index (χ1n) is 10.2. The van der Waals surface area contributed by atoms with Crippen molar-refractivity contribution in [3.8, 4) is 16.9 Å². The minimum absolute atomic E-state index is 0.0675. The lowest BCUT2D eigenvalue weighted by molar-refractivity contribution is 0.0956. The fourth-order valence-corrected chi connectivity index (χ4v) is 3.19. The summed E-state index contributed by atoms with van der Waals surface area (Å²) in [5.41, 5.74) is 9.54. The molecule has 0 aromatic heterocycles. The number of carbonyl (C=O) groups excluding carboxylic acids is 2. The van der Waals surface area contributed by atoms with Crippen LogP contribution in [0.3, 0.4) is 0 Å². The number of hydrogen-bond acceptors (Lipinski definition) is 4. The van der Waals surface area contributed by atoms with E-state index in [1.807, 2.05) is 37.3 Å². The molecule has 0 unspecified atom stereocenters. The van der Waals surface area contributed by atoms with Gasteiger partial charge in [0.1, 0.15) is 11.6 Å². The van der Waals surface area contributed by atoms with Crippen molar-refractivity contribution in [2.75, 3.05) is 6.54 Å². The number of amidine groups is 1. The second kappa shape index (κ2) is 10.2. The summed E-state index contributed by atoms with van der Waals surface area (Å²) in [7, 11) is 0. The average Bonchev–Trinajstić information content (AvgIpc) is 2.82. The predicted octanol–water partition coefficient (Wildman–Crippen LogP) is 4.38. The van der Waals surface area contributed by atoms with Crippen molar-refractivity contribution >= 4 is 23.6 Å². The van der Waals surface area contributed by atoms with Gasteiger partial charge < -0.3 is 16.2 Å². The summed E-state index contributed by atoms with van der Waals surface area (Å²) >= 11 is 0. The van der Waals surface area contributed by atoms with Gasteiger partial charge in [0.2, 0.25) is 0 Å². The van der Waals surface area contributed by atoms with E-state index in [1.165, 1.54) is 6.07 Å². The molecule has 0 aliphatic carbocycles. The minimum Gasteiger partial charge on any atom is -0.507 e. The molecular weight excluding hydrogens is 402 g/mol. The lowest BCUT2D eigenvalue weighted by atomic mass is 9.99. The Morgan fingerprint density at radius 2 is 1.69 bits per heavy atom. The van der Waals surface area contributed by atoms with Crippen molar-refractivity contribution in [3.05, 3.63) is 95.1 Å². The van der Waals surface area contributed by atoms with Gasteiger partial charge in [0.25, 0.3) is 5.91 Å². The number of phenolic OH excluding ortho intramolecular Hbond substituents is 1. The predicted molar refractivity (Wildman–Crippen MR) is 127 cm³/mol. The molecule has 0 bridgehead atoms. The van der Waals surface area contributed by atoms with Crippen LogP contribution in [0.4, 0.5) is 0 Å². The van der Waals surface area contributed by atoms with Gasteiger partial charge in [-0.15, -0.1) is 0 Å². The molecule has 0 aliphatic heterocycles. The van der Waals surface area contributed by atoms with E-state index in [4.69, 9.17) is 11.1 Å². The zero-order valence-corrected chi connectivity index (χ0v) is 17.8. The van der Waals surface area contributed by atoms with Crippen LogP contribution >= 0.6 is 0 Å². The number of Topliss-reactive ketones (excluding diaryl/α,β-unsaturated/α-hetero) is 1. The smallest absolute Gasteiger partial charge is 0.251 e. The van der Waals surface area contributed by atoms with Crippen LogP contribution in [-0.4, -0.2) is 29.2 Å². The zero-order chi connectivity index (χ0) is 23.1. The molecule has 162 valence electrons. The summed E-state index contributed by atoms with van der Waals surface area (Å²) < 4.78 is 0. The molecule has 5 N–H and O–H groups in total. The maximum Gasteiger partial charge on any atom is 0.251 e. The van der Waals surface area contributed by atoms with Gasteiger partial charge in [-0.1, -0.05) is 49.4 Å². The number of rotatable bonds is 8. The molecular formula is C26H25N3O3. The zero-order valence-electron chi connectivity index (χ0n) is 17.8. The Hall–Kier alpha value is -4.19. The molecule has 32 heavy (non-hydrogen) atoms. The van der Waals surface area contributed by atoms with Crippen LogP contribution in [0.25, 0.3) is 17.2 Å². The highest BCUT2D eigenvalue weighted by Gasteiger charge is 2.08.